The van der Waals surface area contributed by atoms with Crippen molar-refractivity contribution in [2.45, 2.75) is 12.8 Å². The lowest BCUT2D eigenvalue weighted by molar-refractivity contribution is 0.174. The Morgan fingerprint density at radius 3 is 2.64 bits per heavy atom. The number of ether oxygens (including phenoxy) is 2. The van der Waals surface area contributed by atoms with E-state index in [1.165, 1.54) is 0 Å². The molecule has 4 rings (SSSR count). The van der Waals surface area contributed by atoms with Gasteiger partial charge in [0.15, 0.2) is 11.5 Å². The molecule has 2 aromatic carbocycles. The molecule has 2 aliphatic heterocycles. The van der Waals surface area contributed by atoms with Gasteiger partial charge in [0.05, 0.1) is 5.71 Å². The first-order chi connectivity index (χ1) is 10.8. The zero-order chi connectivity index (χ0) is 14.9. The Morgan fingerprint density at radius 1 is 1.05 bits per heavy atom. The number of rotatable bonds is 2. The first-order valence-corrected chi connectivity index (χ1v) is 7.15. The number of nitrogens with two attached hydrogens (primary N) is 1. The van der Waals surface area contributed by atoms with Crippen LogP contribution in [-0.4, -0.2) is 18.7 Å². The van der Waals surface area contributed by atoms with Crippen LogP contribution in [0, 0.1) is 0 Å². The third kappa shape index (κ3) is 2.30. The first kappa shape index (κ1) is 12.9. The van der Waals surface area contributed by atoms with Crippen molar-refractivity contribution in [2.75, 3.05) is 12.5 Å². The highest BCUT2D eigenvalue weighted by Crippen LogP contribution is 2.36. The second kappa shape index (κ2) is 5.18. The third-order valence-corrected chi connectivity index (χ3v) is 3.83. The van der Waals surface area contributed by atoms with Crippen LogP contribution in [0.5, 0.6) is 11.5 Å². The average molecular weight is 293 g/mol. The maximum Gasteiger partial charge on any atom is 0.231 e. The summed E-state index contributed by atoms with van der Waals surface area (Å²) in [5.74, 6) is 1.56. The summed E-state index contributed by atoms with van der Waals surface area (Å²) >= 11 is 0. The Kier molecular flexibility index (Phi) is 3.04. The molecule has 5 heteroatoms. The first-order valence-electron chi connectivity index (χ1n) is 7.15. The van der Waals surface area contributed by atoms with E-state index in [0.717, 1.165) is 46.0 Å². The van der Waals surface area contributed by atoms with E-state index in [1.807, 2.05) is 42.6 Å². The van der Waals surface area contributed by atoms with Gasteiger partial charge in [-0.3, -0.25) is 0 Å². The number of fused-ring (bicyclic) bond motifs is 2. The lowest BCUT2D eigenvalue weighted by Crippen LogP contribution is -2.08. The fourth-order valence-corrected chi connectivity index (χ4v) is 2.68. The molecule has 0 fully saturated rings. The number of nitrogen functional groups attached to an aromatic ring is 1. The normalized spacial score (nSPS) is 15.2. The van der Waals surface area contributed by atoms with Crippen LogP contribution < -0.4 is 15.2 Å². The van der Waals surface area contributed by atoms with Crippen molar-refractivity contribution in [2.24, 2.45) is 10.2 Å². The van der Waals surface area contributed by atoms with Gasteiger partial charge in [-0.2, -0.15) is 10.2 Å². The number of nitrogens with zero attached hydrogens (tertiary/aromatic N) is 2. The Bertz CT molecular complexity index is 779. The van der Waals surface area contributed by atoms with Gasteiger partial charge in [-0.1, -0.05) is 12.1 Å². The molecular weight excluding hydrogens is 278 g/mol. The Balaban J connectivity index is 1.73. The van der Waals surface area contributed by atoms with Crippen molar-refractivity contribution in [1.82, 2.24) is 0 Å². The zero-order valence-electron chi connectivity index (χ0n) is 12.0. The van der Waals surface area contributed by atoms with E-state index in [0.29, 0.717) is 6.42 Å². The predicted octanol–water partition coefficient (Wildman–Crippen LogP) is 2.57. The van der Waals surface area contributed by atoms with Crippen LogP contribution in [0.1, 0.15) is 16.7 Å². The van der Waals surface area contributed by atoms with Crippen LogP contribution in [0.25, 0.3) is 0 Å². The molecule has 2 N–H and O–H groups in total. The molecule has 0 atom stereocenters. The smallest absolute Gasteiger partial charge is 0.231 e. The molecule has 0 aromatic heterocycles. The van der Waals surface area contributed by atoms with E-state index < -0.39 is 0 Å². The van der Waals surface area contributed by atoms with Crippen molar-refractivity contribution in [3.63, 3.8) is 0 Å². The van der Waals surface area contributed by atoms with Gasteiger partial charge in [0.25, 0.3) is 0 Å². The van der Waals surface area contributed by atoms with Crippen molar-refractivity contribution in [1.29, 1.82) is 0 Å². The van der Waals surface area contributed by atoms with Crippen LogP contribution in [0.4, 0.5) is 5.69 Å². The summed E-state index contributed by atoms with van der Waals surface area (Å²) in [4.78, 5) is 0. The Labute approximate surface area is 128 Å². The number of hydrogen-bond donors (Lipinski definition) is 1. The lowest BCUT2D eigenvalue weighted by atomic mass is 9.96. The van der Waals surface area contributed by atoms with Crippen LogP contribution in [0.2, 0.25) is 0 Å². The highest BCUT2D eigenvalue weighted by molar-refractivity contribution is 6.04. The minimum Gasteiger partial charge on any atom is -0.454 e. The average Bonchev–Trinajstić information content (AvgIpc) is 2.90. The topological polar surface area (TPSA) is 69.2 Å². The summed E-state index contributed by atoms with van der Waals surface area (Å²) in [5.41, 5.74) is 10.8. The van der Waals surface area contributed by atoms with Gasteiger partial charge >= 0.3 is 0 Å². The van der Waals surface area contributed by atoms with Crippen LogP contribution in [-0.2, 0) is 12.8 Å². The molecule has 0 saturated heterocycles. The van der Waals surface area contributed by atoms with Gasteiger partial charge in [-0.25, -0.2) is 0 Å². The van der Waals surface area contributed by atoms with Crippen molar-refractivity contribution >= 4 is 17.6 Å². The fourth-order valence-electron chi connectivity index (χ4n) is 2.68. The third-order valence-electron chi connectivity index (χ3n) is 3.83. The molecule has 0 bridgehead atoms. The van der Waals surface area contributed by atoms with Gasteiger partial charge in [0.2, 0.25) is 6.79 Å². The van der Waals surface area contributed by atoms with Gasteiger partial charge in [0.1, 0.15) is 0 Å². The fraction of sp³-hybridized carbons (Fsp3) is 0.176. The quantitative estimate of drug-likeness (QED) is 0.865. The SMILES string of the molecule is Nc1ccc(CC2=NN=CCc3cc4c(cc32)OCO4)cc1. The van der Waals surface area contributed by atoms with Crippen molar-refractivity contribution in [3.05, 3.63) is 53.1 Å². The predicted molar refractivity (Wildman–Crippen MR) is 85.9 cm³/mol. The summed E-state index contributed by atoms with van der Waals surface area (Å²) in [5, 5.41) is 8.51. The monoisotopic (exact) mass is 293 g/mol. The van der Waals surface area contributed by atoms with E-state index in [-0.39, 0.29) is 6.79 Å². The molecule has 5 nitrogen and oxygen atoms in total. The van der Waals surface area contributed by atoms with Crippen LogP contribution in [0.15, 0.2) is 46.6 Å². The summed E-state index contributed by atoms with van der Waals surface area (Å²) in [6.45, 7) is 0.275. The largest absolute Gasteiger partial charge is 0.454 e. The molecule has 0 spiro atoms. The van der Waals surface area contributed by atoms with Crippen LogP contribution in [0.3, 0.4) is 0 Å². The molecule has 22 heavy (non-hydrogen) atoms. The second-order valence-electron chi connectivity index (χ2n) is 5.33. The van der Waals surface area contributed by atoms with E-state index in [1.54, 1.807) is 0 Å². The standard InChI is InChI=1S/C17H15N3O2/c18-13-3-1-11(2-4-13)7-15-14-9-17-16(21-10-22-17)8-12(14)5-6-19-20-15/h1-4,6,8-9H,5,7,10,18H2. The van der Waals surface area contributed by atoms with Crippen LogP contribution >= 0.6 is 0 Å². The number of anilines is 1. The molecule has 0 amide bonds. The van der Waals surface area contributed by atoms with Crippen molar-refractivity contribution < 1.29 is 9.47 Å². The molecule has 2 heterocycles. The summed E-state index contributed by atoms with van der Waals surface area (Å²) in [7, 11) is 0. The van der Waals surface area contributed by atoms with Gasteiger partial charge in [-0.15, -0.1) is 0 Å². The summed E-state index contributed by atoms with van der Waals surface area (Å²) in [6, 6.07) is 11.8. The molecule has 0 unspecified atom stereocenters. The molecule has 0 radical (unpaired) electrons. The van der Waals surface area contributed by atoms with E-state index in [2.05, 4.69) is 10.2 Å². The highest BCUT2D eigenvalue weighted by atomic mass is 16.7. The molecule has 2 aliphatic rings. The molecular formula is C17H15N3O2. The molecule has 2 aromatic rings. The van der Waals surface area contributed by atoms with E-state index in [9.17, 15) is 0 Å². The number of benzene rings is 2. The van der Waals surface area contributed by atoms with E-state index >= 15 is 0 Å². The maximum atomic E-state index is 5.74. The Morgan fingerprint density at radius 2 is 1.82 bits per heavy atom. The minimum absolute atomic E-state index is 0.275. The number of hydrogen-bond acceptors (Lipinski definition) is 5. The Hall–Kier alpha value is -2.82. The van der Waals surface area contributed by atoms with Crippen molar-refractivity contribution in [3.8, 4) is 11.5 Å². The highest BCUT2D eigenvalue weighted by Gasteiger charge is 2.20. The van der Waals surface area contributed by atoms with Gasteiger partial charge < -0.3 is 15.2 Å². The summed E-state index contributed by atoms with van der Waals surface area (Å²) < 4.78 is 10.9. The molecule has 0 aliphatic carbocycles. The van der Waals surface area contributed by atoms with E-state index in [4.69, 9.17) is 15.2 Å². The molecule has 0 saturated carbocycles. The maximum absolute atomic E-state index is 5.74. The van der Waals surface area contributed by atoms with Gasteiger partial charge in [-0.05, 0) is 35.4 Å². The molecule has 110 valence electrons. The second-order valence-corrected chi connectivity index (χ2v) is 5.33. The minimum atomic E-state index is 0.275. The van der Waals surface area contributed by atoms with Gasteiger partial charge in [0, 0.05) is 30.3 Å². The summed E-state index contributed by atoms with van der Waals surface area (Å²) in [6.07, 6.45) is 3.25. The zero-order valence-corrected chi connectivity index (χ0v) is 12.0. The lowest BCUT2D eigenvalue weighted by Gasteiger charge is -2.10.